The molecule has 1 aromatic rings. The standard InChI is InChI=1S/C13H18N2O2/c1-15(8-12-2-5-14-6-3-12)9-13(10-16)4-7-17-11-13/h2-3,5-6,10H,4,7-9,11H2,1H3. The van der Waals surface area contributed by atoms with Crippen LogP contribution in [0.4, 0.5) is 0 Å². The highest BCUT2D eigenvalue weighted by molar-refractivity contribution is 5.60. The summed E-state index contributed by atoms with van der Waals surface area (Å²) in [4.78, 5) is 17.4. The molecule has 0 aromatic carbocycles. The third-order valence-electron chi connectivity index (χ3n) is 3.17. The number of aromatic nitrogens is 1. The van der Waals surface area contributed by atoms with Crippen molar-refractivity contribution in [3.05, 3.63) is 30.1 Å². The predicted octanol–water partition coefficient (Wildman–Crippen LogP) is 1.12. The number of ether oxygens (including phenoxy) is 1. The van der Waals surface area contributed by atoms with Gasteiger partial charge in [0.15, 0.2) is 0 Å². The van der Waals surface area contributed by atoms with E-state index >= 15 is 0 Å². The average molecular weight is 234 g/mol. The average Bonchev–Trinajstić information content (AvgIpc) is 2.79. The van der Waals surface area contributed by atoms with Crippen molar-refractivity contribution in [2.75, 3.05) is 26.8 Å². The Morgan fingerprint density at radius 2 is 2.29 bits per heavy atom. The van der Waals surface area contributed by atoms with Crippen LogP contribution >= 0.6 is 0 Å². The van der Waals surface area contributed by atoms with Crippen molar-refractivity contribution in [1.82, 2.24) is 9.88 Å². The van der Waals surface area contributed by atoms with E-state index in [1.165, 1.54) is 5.56 Å². The van der Waals surface area contributed by atoms with Gasteiger partial charge in [0.1, 0.15) is 6.29 Å². The first-order valence-electron chi connectivity index (χ1n) is 5.86. The highest BCUT2D eigenvalue weighted by Crippen LogP contribution is 2.27. The van der Waals surface area contributed by atoms with Crippen LogP contribution in [0.25, 0.3) is 0 Å². The lowest BCUT2D eigenvalue weighted by Crippen LogP contribution is -2.37. The Balaban J connectivity index is 1.92. The van der Waals surface area contributed by atoms with E-state index in [2.05, 4.69) is 9.88 Å². The molecule has 17 heavy (non-hydrogen) atoms. The molecule has 1 fully saturated rings. The Bertz CT molecular complexity index is 361. The van der Waals surface area contributed by atoms with Crippen LogP contribution in [0.15, 0.2) is 24.5 Å². The van der Waals surface area contributed by atoms with E-state index in [0.29, 0.717) is 13.2 Å². The molecule has 4 nitrogen and oxygen atoms in total. The van der Waals surface area contributed by atoms with Gasteiger partial charge in [-0.05, 0) is 31.2 Å². The summed E-state index contributed by atoms with van der Waals surface area (Å²) in [6.45, 7) is 2.83. The summed E-state index contributed by atoms with van der Waals surface area (Å²) in [5.74, 6) is 0. The molecule has 1 aliphatic heterocycles. The molecular weight excluding hydrogens is 216 g/mol. The Morgan fingerprint density at radius 1 is 1.53 bits per heavy atom. The maximum Gasteiger partial charge on any atom is 0.129 e. The van der Waals surface area contributed by atoms with Gasteiger partial charge in [0.2, 0.25) is 0 Å². The maximum absolute atomic E-state index is 11.2. The van der Waals surface area contributed by atoms with Crippen molar-refractivity contribution in [2.24, 2.45) is 5.41 Å². The second-order valence-electron chi connectivity index (χ2n) is 4.81. The lowest BCUT2D eigenvalue weighted by Gasteiger charge is -2.27. The largest absolute Gasteiger partial charge is 0.380 e. The first-order valence-corrected chi connectivity index (χ1v) is 5.86. The van der Waals surface area contributed by atoms with Crippen LogP contribution in [-0.4, -0.2) is 43.0 Å². The Labute approximate surface area is 102 Å². The molecule has 2 rings (SSSR count). The highest BCUT2D eigenvalue weighted by atomic mass is 16.5. The summed E-state index contributed by atoms with van der Waals surface area (Å²) in [7, 11) is 2.03. The van der Waals surface area contributed by atoms with E-state index in [9.17, 15) is 4.79 Å². The number of carbonyl (C=O) groups excluding carboxylic acids is 1. The van der Waals surface area contributed by atoms with E-state index < -0.39 is 0 Å². The summed E-state index contributed by atoms with van der Waals surface area (Å²) < 4.78 is 5.33. The van der Waals surface area contributed by atoms with Gasteiger partial charge in [-0.25, -0.2) is 0 Å². The highest BCUT2D eigenvalue weighted by Gasteiger charge is 2.35. The summed E-state index contributed by atoms with van der Waals surface area (Å²) in [5.41, 5.74) is 0.907. The predicted molar refractivity (Wildman–Crippen MR) is 64.5 cm³/mol. The Morgan fingerprint density at radius 3 is 2.88 bits per heavy atom. The molecule has 1 atom stereocenters. The van der Waals surface area contributed by atoms with Gasteiger partial charge in [0.25, 0.3) is 0 Å². The van der Waals surface area contributed by atoms with Crippen molar-refractivity contribution < 1.29 is 9.53 Å². The van der Waals surface area contributed by atoms with Crippen molar-refractivity contribution in [1.29, 1.82) is 0 Å². The zero-order valence-corrected chi connectivity index (χ0v) is 10.1. The molecule has 2 heterocycles. The van der Waals surface area contributed by atoms with Crippen molar-refractivity contribution >= 4 is 6.29 Å². The van der Waals surface area contributed by atoms with Gasteiger partial charge in [-0.1, -0.05) is 0 Å². The van der Waals surface area contributed by atoms with Crippen LogP contribution in [0.5, 0.6) is 0 Å². The van der Waals surface area contributed by atoms with Crippen LogP contribution in [0.2, 0.25) is 0 Å². The monoisotopic (exact) mass is 234 g/mol. The van der Waals surface area contributed by atoms with Gasteiger partial charge in [-0.15, -0.1) is 0 Å². The quantitative estimate of drug-likeness (QED) is 0.716. The van der Waals surface area contributed by atoms with E-state index in [-0.39, 0.29) is 5.41 Å². The fourth-order valence-electron chi connectivity index (χ4n) is 2.27. The van der Waals surface area contributed by atoms with E-state index in [0.717, 1.165) is 25.8 Å². The Hall–Kier alpha value is -1.26. The SMILES string of the molecule is CN(Cc1ccncc1)CC1(C=O)CCOC1. The number of rotatable bonds is 5. The molecule has 0 N–H and O–H groups in total. The molecule has 0 aliphatic carbocycles. The van der Waals surface area contributed by atoms with Crippen molar-refractivity contribution in [3.8, 4) is 0 Å². The minimum Gasteiger partial charge on any atom is -0.380 e. The summed E-state index contributed by atoms with van der Waals surface area (Å²) in [6.07, 6.45) is 5.47. The minimum absolute atomic E-state index is 0.304. The topological polar surface area (TPSA) is 42.4 Å². The summed E-state index contributed by atoms with van der Waals surface area (Å²) >= 11 is 0. The van der Waals surface area contributed by atoms with Crippen LogP contribution in [-0.2, 0) is 16.1 Å². The fourth-order valence-corrected chi connectivity index (χ4v) is 2.27. The maximum atomic E-state index is 11.2. The van der Waals surface area contributed by atoms with E-state index in [1.54, 1.807) is 12.4 Å². The molecule has 0 radical (unpaired) electrons. The van der Waals surface area contributed by atoms with E-state index in [1.807, 2.05) is 19.2 Å². The molecular formula is C13H18N2O2. The van der Waals surface area contributed by atoms with Crippen molar-refractivity contribution in [2.45, 2.75) is 13.0 Å². The molecule has 0 saturated carbocycles. The first kappa shape index (κ1) is 12.2. The summed E-state index contributed by atoms with van der Waals surface area (Å²) in [6, 6.07) is 3.99. The lowest BCUT2D eigenvalue weighted by molar-refractivity contribution is -0.117. The number of hydrogen-bond donors (Lipinski definition) is 0. The first-order chi connectivity index (χ1) is 8.24. The normalized spacial score (nSPS) is 24.1. The van der Waals surface area contributed by atoms with Crippen LogP contribution in [0.3, 0.4) is 0 Å². The molecule has 0 bridgehead atoms. The van der Waals surface area contributed by atoms with Gasteiger partial charge in [-0.3, -0.25) is 4.98 Å². The third-order valence-corrected chi connectivity index (χ3v) is 3.17. The van der Waals surface area contributed by atoms with Crippen LogP contribution in [0.1, 0.15) is 12.0 Å². The molecule has 1 aliphatic rings. The third kappa shape index (κ3) is 3.11. The smallest absolute Gasteiger partial charge is 0.129 e. The Kier molecular flexibility index (Phi) is 3.86. The molecule has 92 valence electrons. The molecule has 0 amide bonds. The zero-order valence-electron chi connectivity index (χ0n) is 10.1. The minimum atomic E-state index is -0.304. The molecule has 1 unspecified atom stereocenters. The number of hydrogen-bond acceptors (Lipinski definition) is 4. The van der Waals surface area contributed by atoms with Gasteiger partial charge in [0.05, 0.1) is 12.0 Å². The van der Waals surface area contributed by atoms with Crippen LogP contribution < -0.4 is 0 Å². The van der Waals surface area contributed by atoms with Gasteiger partial charge in [0, 0.05) is 32.1 Å². The van der Waals surface area contributed by atoms with Gasteiger partial charge in [-0.2, -0.15) is 0 Å². The van der Waals surface area contributed by atoms with Gasteiger partial charge < -0.3 is 14.4 Å². The lowest BCUT2D eigenvalue weighted by atomic mass is 9.88. The second kappa shape index (κ2) is 5.38. The number of nitrogens with zero attached hydrogens (tertiary/aromatic N) is 2. The number of carbonyl (C=O) groups is 1. The van der Waals surface area contributed by atoms with Gasteiger partial charge >= 0.3 is 0 Å². The fraction of sp³-hybridized carbons (Fsp3) is 0.538. The molecule has 4 heteroatoms. The zero-order chi connectivity index (χ0) is 12.1. The summed E-state index contributed by atoms with van der Waals surface area (Å²) in [5, 5.41) is 0. The molecule has 0 spiro atoms. The molecule has 1 aromatic heterocycles. The van der Waals surface area contributed by atoms with Crippen LogP contribution in [0, 0.1) is 5.41 Å². The van der Waals surface area contributed by atoms with E-state index in [4.69, 9.17) is 4.74 Å². The second-order valence-corrected chi connectivity index (χ2v) is 4.81. The number of pyridine rings is 1. The molecule has 1 saturated heterocycles. The number of aldehydes is 1. The van der Waals surface area contributed by atoms with Crippen molar-refractivity contribution in [3.63, 3.8) is 0 Å².